The number of aryl methyl sites for hydroxylation is 2. The number of ether oxygens (including phenoxy) is 1. The van der Waals surface area contributed by atoms with E-state index in [0.29, 0.717) is 10.9 Å². The highest BCUT2D eigenvalue weighted by Gasteiger charge is 2.50. The molecule has 3 heterocycles. The number of nitrogens with zero attached hydrogens (tertiary/aromatic N) is 2. The molecule has 1 unspecified atom stereocenters. The molecule has 0 fully saturated rings. The summed E-state index contributed by atoms with van der Waals surface area (Å²) >= 11 is 0. The Balaban J connectivity index is 1.64. The molecule has 3 aromatic carbocycles. The van der Waals surface area contributed by atoms with Crippen molar-refractivity contribution in [2.45, 2.75) is 19.6 Å². The third kappa shape index (κ3) is 3.65. The van der Waals surface area contributed by atoms with Crippen LogP contribution in [0.25, 0.3) is 27.6 Å². The number of H-pyrrole nitrogens is 2. The minimum atomic E-state index is -2.25. The Labute approximate surface area is 223 Å². The lowest BCUT2D eigenvalue weighted by Crippen LogP contribution is -2.29. The highest BCUT2D eigenvalue weighted by atomic mass is 16.6. The number of carbonyl (C=O) groups excluding carboxylic acids is 1. The topological polar surface area (TPSA) is 126 Å². The van der Waals surface area contributed by atoms with E-state index in [-0.39, 0.29) is 33.6 Å². The quantitative estimate of drug-likeness (QED) is 0.153. The van der Waals surface area contributed by atoms with E-state index in [1.165, 1.54) is 0 Å². The van der Waals surface area contributed by atoms with Gasteiger partial charge in [0.05, 0.1) is 5.57 Å². The van der Waals surface area contributed by atoms with Gasteiger partial charge in [-0.3, -0.25) is 4.79 Å². The summed E-state index contributed by atoms with van der Waals surface area (Å²) in [6.45, 7) is 3.91. The predicted octanol–water partition coefficient (Wildman–Crippen LogP) is 6.08. The summed E-state index contributed by atoms with van der Waals surface area (Å²) in [7, 11) is 0. The average Bonchev–Trinajstić information content (AvgIpc) is 3.63. The van der Waals surface area contributed by atoms with Gasteiger partial charge in [0.1, 0.15) is 23.3 Å². The number of carbonyl (C=O) groups is 1. The maximum atomic E-state index is 13.9. The largest absolute Gasteiger partial charge is 0.452 e. The minimum absolute atomic E-state index is 0.0802. The number of hydrogen-bond acceptors (Lipinski definition) is 5. The molecule has 1 aliphatic rings. The van der Waals surface area contributed by atoms with Crippen LogP contribution in [-0.4, -0.2) is 20.9 Å². The molecule has 7 nitrogen and oxygen atoms in total. The maximum absolute atomic E-state index is 13.9. The van der Waals surface area contributed by atoms with Crippen LogP contribution >= 0.6 is 0 Å². The summed E-state index contributed by atoms with van der Waals surface area (Å²) < 4.78 is 6.21. The van der Waals surface area contributed by atoms with Crippen molar-refractivity contribution >= 4 is 33.3 Å². The Morgan fingerprint density at radius 1 is 0.897 bits per heavy atom. The van der Waals surface area contributed by atoms with Crippen molar-refractivity contribution in [3.8, 4) is 12.1 Å². The van der Waals surface area contributed by atoms with Gasteiger partial charge in [0.15, 0.2) is 5.76 Å². The smallest absolute Gasteiger partial charge is 0.264 e. The number of aliphatic hydroxyl groups is 1. The fourth-order valence-electron chi connectivity index (χ4n) is 5.20. The van der Waals surface area contributed by atoms with Crippen LogP contribution in [0.4, 0.5) is 0 Å². The molecule has 0 saturated carbocycles. The summed E-state index contributed by atoms with van der Waals surface area (Å²) in [5, 5.41) is 34.3. The first-order chi connectivity index (χ1) is 18.9. The Kier molecular flexibility index (Phi) is 5.46. The lowest BCUT2D eigenvalue weighted by atomic mass is 9.86. The second-order valence-corrected chi connectivity index (χ2v) is 9.62. The van der Waals surface area contributed by atoms with Crippen molar-refractivity contribution < 1.29 is 14.6 Å². The molecule has 0 radical (unpaired) electrons. The fourth-order valence-corrected chi connectivity index (χ4v) is 5.20. The SMILES string of the molecule is Cc1ccc2c(C(=O)/C(C#N)=C3\C(C#N)=C(c4c[nH]c5cc(C)ccc45)OC3(O)c3ccccc3)c[nH]c2c1. The van der Waals surface area contributed by atoms with Crippen LogP contribution in [0.15, 0.2) is 95.8 Å². The van der Waals surface area contributed by atoms with Crippen LogP contribution in [0.1, 0.15) is 32.6 Å². The zero-order valence-electron chi connectivity index (χ0n) is 21.2. The molecule has 0 amide bonds. The Bertz CT molecular complexity index is 1960. The first-order valence-corrected chi connectivity index (χ1v) is 12.3. The molecule has 1 aliphatic heterocycles. The molecule has 5 aromatic rings. The van der Waals surface area contributed by atoms with Crippen molar-refractivity contribution in [2.24, 2.45) is 0 Å². The van der Waals surface area contributed by atoms with Gasteiger partial charge in [0.2, 0.25) is 5.78 Å². The van der Waals surface area contributed by atoms with Crippen LogP contribution < -0.4 is 0 Å². The summed E-state index contributed by atoms with van der Waals surface area (Å²) in [5.74, 6) is -2.78. The zero-order valence-corrected chi connectivity index (χ0v) is 21.2. The van der Waals surface area contributed by atoms with E-state index in [1.54, 1.807) is 42.7 Å². The number of hydrogen-bond donors (Lipinski definition) is 3. The molecule has 2 aromatic heterocycles. The molecule has 0 aliphatic carbocycles. The number of rotatable bonds is 4. The first kappa shape index (κ1) is 24.0. The van der Waals surface area contributed by atoms with Crippen molar-refractivity contribution in [1.82, 2.24) is 9.97 Å². The number of aromatic amines is 2. The molecule has 3 N–H and O–H groups in total. The number of Topliss-reactive ketones (excluding diaryl/α,β-unsaturated/α-hetero) is 1. The number of ketones is 1. The van der Waals surface area contributed by atoms with Crippen molar-refractivity contribution in [3.05, 3.63) is 124 Å². The third-order valence-electron chi connectivity index (χ3n) is 7.10. The van der Waals surface area contributed by atoms with Gasteiger partial charge in [-0.2, -0.15) is 10.5 Å². The molecule has 7 heteroatoms. The van der Waals surface area contributed by atoms with Gasteiger partial charge in [-0.15, -0.1) is 0 Å². The molecule has 0 spiro atoms. The van der Waals surface area contributed by atoms with E-state index in [2.05, 4.69) is 16.0 Å². The summed E-state index contributed by atoms with van der Waals surface area (Å²) in [5.41, 5.74) is 4.08. The Morgan fingerprint density at radius 3 is 2.21 bits per heavy atom. The van der Waals surface area contributed by atoms with E-state index in [9.17, 15) is 20.4 Å². The fraction of sp³-hybridized carbons (Fsp3) is 0.0938. The number of fused-ring (bicyclic) bond motifs is 2. The van der Waals surface area contributed by atoms with Gasteiger partial charge < -0.3 is 19.8 Å². The number of benzene rings is 3. The van der Waals surface area contributed by atoms with E-state index >= 15 is 0 Å². The van der Waals surface area contributed by atoms with Gasteiger partial charge in [0.25, 0.3) is 5.79 Å². The zero-order chi connectivity index (χ0) is 27.3. The third-order valence-corrected chi connectivity index (χ3v) is 7.10. The molecule has 6 rings (SSSR count). The summed E-state index contributed by atoms with van der Waals surface area (Å²) in [4.78, 5) is 20.2. The van der Waals surface area contributed by atoms with Crippen molar-refractivity contribution in [1.29, 1.82) is 10.5 Å². The average molecular weight is 511 g/mol. The monoisotopic (exact) mass is 510 g/mol. The Morgan fingerprint density at radius 2 is 1.54 bits per heavy atom. The van der Waals surface area contributed by atoms with E-state index in [4.69, 9.17) is 4.74 Å². The van der Waals surface area contributed by atoms with Gasteiger partial charge in [-0.05, 0) is 37.1 Å². The predicted molar refractivity (Wildman–Crippen MR) is 147 cm³/mol. The van der Waals surface area contributed by atoms with Gasteiger partial charge in [-0.25, -0.2) is 0 Å². The van der Waals surface area contributed by atoms with Gasteiger partial charge in [-0.1, -0.05) is 54.6 Å². The Hall–Kier alpha value is -5.37. The van der Waals surface area contributed by atoms with Gasteiger partial charge >= 0.3 is 0 Å². The molecular weight excluding hydrogens is 488 g/mol. The minimum Gasteiger partial charge on any atom is -0.452 e. The molecule has 0 saturated heterocycles. The highest BCUT2D eigenvalue weighted by molar-refractivity contribution is 6.19. The number of nitriles is 2. The summed E-state index contributed by atoms with van der Waals surface area (Å²) in [6, 6.07) is 24.0. The van der Waals surface area contributed by atoms with Crippen LogP contribution in [-0.2, 0) is 10.5 Å². The van der Waals surface area contributed by atoms with E-state index in [0.717, 1.165) is 27.5 Å². The van der Waals surface area contributed by atoms with Gasteiger partial charge in [0, 0.05) is 50.9 Å². The van der Waals surface area contributed by atoms with Crippen LogP contribution in [0.5, 0.6) is 0 Å². The molecule has 0 bridgehead atoms. The standard InChI is InChI=1S/C32H22N4O3/c1-18-8-10-21-25(16-35-27(21)12-18)30(37)23(14-33)29-24(15-34)31(39-32(29,38)20-6-4-3-5-7-20)26-17-36-28-13-19(2)9-11-22(26)28/h3-13,16-17,35-36,38H,1-2H3/b29-23+. The summed E-state index contributed by atoms with van der Waals surface area (Å²) in [6.07, 6.45) is 3.24. The highest BCUT2D eigenvalue weighted by Crippen LogP contribution is 2.50. The van der Waals surface area contributed by atoms with E-state index < -0.39 is 11.6 Å². The molecule has 39 heavy (non-hydrogen) atoms. The molecule has 188 valence electrons. The number of nitrogens with one attached hydrogen (secondary N) is 2. The van der Waals surface area contributed by atoms with E-state index in [1.807, 2.05) is 56.3 Å². The normalized spacial score (nSPS) is 18.2. The second kappa shape index (κ2) is 8.88. The lowest BCUT2D eigenvalue weighted by molar-refractivity contribution is -0.120. The number of aromatic nitrogens is 2. The maximum Gasteiger partial charge on any atom is 0.264 e. The van der Waals surface area contributed by atoms with Crippen LogP contribution in [0, 0.1) is 36.5 Å². The lowest BCUT2D eigenvalue weighted by Gasteiger charge is -2.26. The van der Waals surface area contributed by atoms with Crippen LogP contribution in [0.3, 0.4) is 0 Å². The van der Waals surface area contributed by atoms with Crippen LogP contribution in [0.2, 0.25) is 0 Å². The molecular formula is C32H22N4O3. The first-order valence-electron chi connectivity index (χ1n) is 12.3. The van der Waals surface area contributed by atoms with Crippen molar-refractivity contribution in [2.75, 3.05) is 0 Å². The molecule has 1 atom stereocenters. The second-order valence-electron chi connectivity index (χ2n) is 9.62. The van der Waals surface area contributed by atoms with Crippen molar-refractivity contribution in [3.63, 3.8) is 0 Å². The number of allylic oxidation sites excluding steroid dienone is 1.